The van der Waals surface area contributed by atoms with Crippen LogP contribution in [0, 0.1) is 5.92 Å². The summed E-state index contributed by atoms with van der Waals surface area (Å²) in [6, 6.07) is 4.90. The number of benzene rings is 2. The van der Waals surface area contributed by atoms with E-state index in [0.717, 1.165) is 48.5 Å². The molecule has 1 heterocycles. The van der Waals surface area contributed by atoms with E-state index in [1.807, 2.05) is 0 Å². The van der Waals surface area contributed by atoms with Gasteiger partial charge >= 0.3 is 18.3 Å². The van der Waals surface area contributed by atoms with E-state index in [0.29, 0.717) is 0 Å². The highest BCUT2D eigenvalue weighted by atomic mass is 19.4. The molecule has 36 heavy (non-hydrogen) atoms. The van der Waals surface area contributed by atoms with Crippen LogP contribution in [0.2, 0.25) is 0 Å². The van der Waals surface area contributed by atoms with Gasteiger partial charge in [0.05, 0.1) is 23.5 Å². The number of ether oxygens (including phenoxy) is 1. The Balaban J connectivity index is 1.97. The number of hydrogen-bond donors (Lipinski definition) is 1. The predicted octanol–water partition coefficient (Wildman–Crippen LogP) is 7.48. The highest BCUT2D eigenvalue weighted by Gasteiger charge is 2.52. The largest absolute Gasteiger partial charge is 0.460 e. The minimum atomic E-state index is -4.64. The zero-order valence-corrected chi connectivity index (χ0v) is 19.6. The summed E-state index contributed by atoms with van der Waals surface area (Å²) in [5.41, 5.74) is -2.64. The van der Waals surface area contributed by atoms with Gasteiger partial charge in [0, 0.05) is 18.5 Å². The molecule has 0 unspecified atom stereocenters. The van der Waals surface area contributed by atoms with E-state index in [-0.39, 0.29) is 11.1 Å². The fourth-order valence-electron chi connectivity index (χ4n) is 4.22. The predicted molar refractivity (Wildman–Crippen MR) is 115 cm³/mol. The van der Waals surface area contributed by atoms with Crippen molar-refractivity contribution in [2.24, 2.45) is 5.92 Å². The summed E-state index contributed by atoms with van der Waals surface area (Å²) in [7, 11) is 0. The Kier molecular flexibility index (Phi) is 7.47. The van der Waals surface area contributed by atoms with Gasteiger partial charge in [0.2, 0.25) is 0 Å². The second-order valence-corrected chi connectivity index (χ2v) is 9.80. The Morgan fingerprint density at radius 2 is 1.31 bits per heavy atom. The van der Waals surface area contributed by atoms with Crippen molar-refractivity contribution in [2.75, 3.05) is 0 Å². The quantitative estimate of drug-likeness (QED) is 0.334. The first-order valence-corrected chi connectivity index (χ1v) is 11.1. The minimum absolute atomic E-state index is 0.0767. The van der Waals surface area contributed by atoms with Gasteiger partial charge in [0.1, 0.15) is 5.60 Å². The van der Waals surface area contributed by atoms with Gasteiger partial charge in [0.25, 0.3) is 5.92 Å². The number of esters is 1. The van der Waals surface area contributed by atoms with Crippen molar-refractivity contribution in [1.82, 2.24) is 5.32 Å². The Labute approximate surface area is 202 Å². The smallest absolute Gasteiger partial charge is 0.416 e. The highest BCUT2D eigenvalue weighted by Crippen LogP contribution is 2.48. The Bertz CT molecular complexity index is 1050. The summed E-state index contributed by atoms with van der Waals surface area (Å²) >= 11 is 0. The zero-order valence-electron chi connectivity index (χ0n) is 19.6. The first kappa shape index (κ1) is 27.9. The number of alkyl halides is 8. The maximum Gasteiger partial charge on any atom is 0.416 e. The third-order valence-corrected chi connectivity index (χ3v) is 5.85. The normalized spacial score (nSPS) is 22.8. The summed E-state index contributed by atoms with van der Waals surface area (Å²) in [6.07, 6.45) is -10.8. The molecule has 0 saturated carbocycles. The van der Waals surface area contributed by atoms with Crippen LogP contribution in [0.5, 0.6) is 0 Å². The van der Waals surface area contributed by atoms with Gasteiger partial charge in [-0.15, -0.1) is 0 Å². The summed E-state index contributed by atoms with van der Waals surface area (Å²) < 4.78 is 114. The van der Waals surface area contributed by atoms with Crippen LogP contribution < -0.4 is 5.32 Å². The minimum Gasteiger partial charge on any atom is -0.460 e. The van der Waals surface area contributed by atoms with Crippen molar-refractivity contribution in [2.45, 2.75) is 69.6 Å². The molecule has 3 rings (SSSR count). The van der Waals surface area contributed by atoms with Gasteiger partial charge in [0.15, 0.2) is 0 Å². The second-order valence-electron chi connectivity index (χ2n) is 9.80. The van der Waals surface area contributed by atoms with Crippen LogP contribution in [-0.4, -0.2) is 17.5 Å². The van der Waals surface area contributed by atoms with Crippen LogP contribution in [0.3, 0.4) is 0 Å². The molecule has 0 aliphatic carbocycles. The first-order valence-electron chi connectivity index (χ1n) is 11.1. The van der Waals surface area contributed by atoms with E-state index >= 15 is 8.78 Å². The molecule has 11 heteroatoms. The van der Waals surface area contributed by atoms with Crippen LogP contribution >= 0.6 is 0 Å². The summed E-state index contributed by atoms with van der Waals surface area (Å²) in [5, 5.41) is 2.93. The van der Waals surface area contributed by atoms with Gasteiger partial charge in [-0.2, -0.15) is 26.3 Å². The molecule has 2 aromatic rings. The molecule has 1 saturated heterocycles. The van der Waals surface area contributed by atoms with E-state index in [1.54, 1.807) is 20.8 Å². The highest BCUT2D eigenvalue weighted by molar-refractivity contribution is 5.70. The van der Waals surface area contributed by atoms with Crippen molar-refractivity contribution in [1.29, 1.82) is 0 Å². The fourth-order valence-corrected chi connectivity index (χ4v) is 4.22. The standard InChI is InChI=1S/C25H25F8NO2/c1-22(2,3)36-20(35)12-18-21(15-6-10-17(11-7-15)25(31,32)33)34-19(13-23(18,26)27)14-4-8-16(9-5-14)24(28,29)30/h4-11,18-19,21,34H,12-13H2,1-3H3/t18-,19+,21-/m1/s1. The third kappa shape index (κ3) is 6.74. The number of hydrogen-bond acceptors (Lipinski definition) is 3. The van der Waals surface area contributed by atoms with Gasteiger partial charge < -0.3 is 10.1 Å². The van der Waals surface area contributed by atoms with Crippen molar-refractivity contribution < 1.29 is 44.7 Å². The molecule has 3 atom stereocenters. The Morgan fingerprint density at radius 1 is 0.861 bits per heavy atom. The van der Waals surface area contributed by atoms with Crippen molar-refractivity contribution >= 4 is 5.97 Å². The Hall–Kier alpha value is -2.69. The molecule has 0 bridgehead atoms. The molecule has 198 valence electrons. The molecule has 0 spiro atoms. The monoisotopic (exact) mass is 523 g/mol. The van der Waals surface area contributed by atoms with Crippen LogP contribution in [0.4, 0.5) is 35.1 Å². The molecule has 0 amide bonds. The lowest BCUT2D eigenvalue weighted by Gasteiger charge is -2.43. The van der Waals surface area contributed by atoms with Gasteiger partial charge in [-0.05, 0) is 56.2 Å². The molecular formula is C25H25F8NO2. The number of rotatable bonds is 4. The number of halogens is 8. The topological polar surface area (TPSA) is 38.3 Å². The molecular weight excluding hydrogens is 498 g/mol. The maximum atomic E-state index is 15.5. The van der Waals surface area contributed by atoms with E-state index < -0.39 is 71.8 Å². The summed E-state index contributed by atoms with van der Waals surface area (Å²) in [4.78, 5) is 12.4. The van der Waals surface area contributed by atoms with Crippen molar-refractivity contribution in [3.8, 4) is 0 Å². The molecule has 0 radical (unpaired) electrons. The summed E-state index contributed by atoms with van der Waals surface area (Å²) in [6.45, 7) is 4.70. The van der Waals surface area contributed by atoms with E-state index in [2.05, 4.69) is 5.32 Å². The molecule has 1 N–H and O–H groups in total. The average Bonchev–Trinajstić information content (AvgIpc) is 2.72. The van der Waals surface area contributed by atoms with E-state index in [4.69, 9.17) is 4.74 Å². The molecule has 2 aromatic carbocycles. The van der Waals surface area contributed by atoms with Crippen molar-refractivity contribution in [3.63, 3.8) is 0 Å². The zero-order chi connectivity index (χ0) is 27.1. The van der Waals surface area contributed by atoms with E-state index in [1.165, 1.54) is 0 Å². The molecule has 1 fully saturated rings. The van der Waals surface area contributed by atoms with E-state index in [9.17, 15) is 31.1 Å². The number of carbonyl (C=O) groups excluding carboxylic acids is 1. The Morgan fingerprint density at radius 3 is 1.72 bits per heavy atom. The molecule has 1 aliphatic heterocycles. The van der Waals surface area contributed by atoms with Crippen LogP contribution in [-0.2, 0) is 21.9 Å². The molecule has 0 aromatic heterocycles. The number of nitrogens with one attached hydrogen (secondary N) is 1. The fraction of sp³-hybridized carbons (Fsp3) is 0.480. The second kappa shape index (κ2) is 9.64. The third-order valence-electron chi connectivity index (χ3n) is 5.85. The maximum absolute atomic E-state index is 15.5. The molecule has 3 nitrogen and oxygen atoms in total. The molecule has 1 aliphatic rings. The van der Waals surface area contributed by atoms with Gasteiger partial charge in [-0.1, -0.05) is 24.3 Å². The number of piperidine rings is 1. The van der Waals surface area contributed by atoms with Crippen LogP contribution in [0.15, 0.2) is 48.5 Å². The van der Waals surface area contributed by atoms with Gasteiger partial charge in [-0.3, -0.25) is 4.79 Å². The average molecular weight is 523 g/mol. The van der Waals surface area contributed by atoms with Crippen LogP contribution in [0.1, 0.15) is 68.0 Å². The van der Waals surface area contributed by atoms with Gasteiger partial charge in [-0.25, -0.2) is 8.78 Å². The lowest BCUT2D eigenvalue weighted by atomic mass is 9.77. The lowest BCUT2D eigenvalue weighted by molar-refractivity contribution is -0.166. The van der Waals surface area contributed by atoms with Crippen molar-refractivity contribution in [3.05, 3.63) is 70.8 Å². The number of carbonyl (C=O) groups is 1. The lowest BCUT2D eigenvalue weighted by Crippen LogP contribution is -2.49. The van der Waals surface area contributed by atoms with Crippen LogP contribution in [0.25, 0.3) is 0 Å². The summed E-state index contributed by atoms with van der Waals surface area (Å²) in [5.74, 6) is -6.07. The SMILES string of the molecule is CC(C)(C)OC(=O)C[C@@H]1[C@@H](c2ccc(C(F)(F)F)cc2)N[C@H](c2ccc(C(F)(F)F)cc2)CC1(F)F. The first-order chi connectivity index (χ1) is 16.4.